The number of aryl methyl sites for hydroxylation is 1. The van der Waals surface area contributed by atoms with Gasteiger partial charge in [-0.05, 0) is 24.3 Å². The molecule has 1 aromatic carbocycles. The van der Waals surface area contributed by atoms with Gasteiger partial charge < -0.3 is 14.6 Å². The zero-order chi connectivity index (χ0) is 15.4. The Labute approximate surface area is 121 Å². The molecule has 1 amide bonds. The van der Waals surface area contributed by atoms with Crippen molar-refractivity contribution in [1.82, 2.24) is 4.57 Å². The Hall–Kier alpha value is -2.89. The van der Waals surface area contributed by atoms with E-state index in [4.69, 9.17) is 0 Å². The number of carbonyl (C=O) groups excluding carboxylic acids is 2. The third kappa shape index (κ3) is 3.00. The zero-order valence-corrected chi connectivity index (χ0v) is 11.6. The molecule has 0 spiro atoms. The maximum Gasteiger partial charge on any atom is 0.339 e. The average Bonchev–Trinajstić information content (AvgIpc) is 2.49. The molecule has 1 aromatic heterocycles. The van der Waals surface area contributed by atoms with Crippen LogP contribution in [0.15, 0.2) is 47.4 Å². The minimum atomic E-state index is -0.576. The van der Waals surface area contributed by atoms with Crippen LogP contribution in [-0.4, -0.2) is 23.6 Å². The summed E-state index contributed by atoms with van der Waals surface area (Å²) in [6.45, 7) is 0. The molecule has 0 saturated carbocycles. The van der Waals surface area contributed by atoms with Crippen LogP contribution in [0.3, 0.4) is 0 Å². The van der Waals surface area contributed by atoms with Crippen molar-refractivity contribution in [2.45, 2.75) is 0 Å². The summed E-state index contributed by atoms with van der Waals surface area (Å²) in [5.74, 6) is -1.14. The van der Waals surface area contributed by atoms with E-state index in [1.165, 1.54) is 23.8 Å². The smallest absolute Gasteiger partial charge is 0.339 e. The van der Waals surface area contributed by atoms with E-state index < -0.39 is 17.4 Å². The second kappa shape index (κ2) is 6.04. The molecule has 6 nitrogen and oxygen atoms in total. The molecule has 108 valence electrons. The molecule has 0 saturated heterocycles. The molecule has 21 heavy (non-hydrogen) atoms. The lowest BCUT2D eigenvalue weighted by Gasteiger charge is -2.09. The van der Waals surface area contributed by atoms with Gasteiger partial charge in [0.05, 0.1) is 18.4 Å². The lowest BCUT2D eigenvalue weighted by molar-refractivity contribution is 0.0602. The van der Waals surface area contributed by atoms with Crippen LogP contribution in [0.2, 0.25) is 0 Å². The summed E-state index contributed by atoms with van der Waals surface area (Å²) in [4.78, 5) is 35.7. The molecule has 1 heterocycles. The quantitative estimate of drug-likeness (QED) is 0.866. The number of hydrogen-bond acceptors (Lipinski definition) is 4. The summed E-state index contributed by atoms with van der Waals surface area (Å²) in [7, 11) is 2.81. The molecular formula is C15H14N2O4. The Kier molecular flexibility index (Phi) is 4.18. The molecule has 1 N–H and O–H groups in total. The van der Waals surface area contributed by atoms with Crippen molar-refractivity contribution in [1.29, 1.82) is 0 Å². The van der Waals surface area contributed by atoms with Crippen molar-refractivity contribution in [3.63, 3.8) is 0 Å². The predicted octanol–water partition coefficient (Wildman–Crippen LogP) is 1.42. The maximum absolute atomic E-state index is 12.2. The summed E-state index contributed by atoms with van der Waals surface area (Å²) in [5.41, 5.74) is 0.103. The van der Waals surface area contributed by atoms with Crippen LogP contribution in [0, 0.1) is 0 Å². The number of ether oxygens (including phenoxy) is 1. The fourth-order valence-corrected chi connectivity index (χ4v) is 1.84. The van der Waals surface area contributed by atoms with E-state index in [0.29, 0.717) is 5.69 Å². The van der Waals surface area contributed by atoms with Gasteiger partial charge in [-0.15, -0.1) is 0 Å². The van der Waals surface area contributed by atoms with E-state index in [9.17, 15) is 14.4 Å². The number of nitrogens with zero attached hydrogens (tertiary/aromatic N) is 1. The number of benzene rings is 1. The van der Waals surface area contributed by atoms with E-state index in [0.717, 1.165) is 0 Å². The van der Waals surface area contributed by atoms with Gasteiger partial charge in [0.2, 0.25) is 0 Å². The van der Waals surface area contributed by atoms with Crippen LogP contribution in [0.4, 0.5) is 5.69 Å². The number of anilines is 1. The number of pyridine rings is 1. The van der Waals surface area contributed by atoms with Crippen LogP contribution < -0.4 is 10.9 Å². The van der Waals surface area contributed by atoms with Crippen molar-refractivity contribution in [3.05, 3.63) is 64.1 Å². The summed E-state index contributed by atoms with van der Waals surface area (Å²) >= 11 is 0. The molecule has 0 unspecified atom stereocenters. The molecule has 2 rings (SSSR count). The van der Waals surface area contributed by atoms with Gasteiger partial charge in [0, 0.05) is 13.2 Å². The lowest BCUT2D eigenvalue weighted by atomic mass is 10.1. The van der Waals surface area contributed by atoms with Crippen molar-refractivity contribution < 1.29 is 14.3 Å². The SMILES string of the molecule is COC(=O)c1ccccc1NC(=O)c1cccn(C)c1=O. The number of hydrogen-bond donors (Lipinski definition) is 1. The highest BCUT2D eigenvalue weighted by Gasteiger charge is 2.16. The first-order chi connectivity index (χ1) is 10.0. The largest absolute Gasteiger partial charge is 0.465 e. The Morgan fingerprint density at radius 3 is 2.48 bits per heavy atom. The number of esters is 1. The minimum Gasteiger partial charge on any atom is -0.465 e. The third-order valence-electron chi connectivity index (χ3n) is 2.95. The first-order valence-electron chi connectivity index (χ1n) is 6.19. The van der Waals surface area contributed by atoms with Gasteiger partial charge in [0.25, 0.3) is 11.5 Å². The molecule has 0 atom stereocenters. The monoisotopic (exact) mass is 286 g/mol. The van der Waals surface area contributed by atoms with E-state index >= 15 is 0 Å². The number of nitrogens with one attached hydrogen (secondary N) is 1. The lowest BCUT2D eigenvalue weighted by Crippen LogP contribution is -2.27. The van der Waals surface area contributed by atoms with E-state index in [2.05, 4.69) is 10.1 Å². The number of carbonyl (C=O) groups is 2. The average molecular weight is 286 g/mol. The molecular weight excluding hydrogens is 272 g/mol. The fourth-order valence-electron chi connectivity index (χ4n) is 1.84. The van der Waals surface area contributed by atoms with Gasteiger partial charge in [0.1, 0.15) is 5.56 Å². The Balaban J connectivity index is 2.35. The van der Waals surface area contributed by atoms with Gasteiger partial charge in [-0.25, -0.2) is 4.79 Å². The van der Waals surface area contributed by atoms with Crippen LogP contribution in [0.1, 0.15) is 20.7 Å². The number of methoxy groups -OCH3 is 1. The standard InChI is InChI=1S/C15H14N2O4/c1-17-9-5-7-11(14(17)19)13(18)16-12-8-4-3-6-10(12)15(20)21-2/h3-9H,1-2H3,(H,16,18). The Morgan fingerprint density at radius 1 is 1.10 bits per heavy atom. The van der Waals surface area contributed by atoms with Crippen molar-refractivity contribution >= 4 is 17.6 Å². The summed E-state index contributed by atoms with van der Waals surface area (Å²) < 4.78 is 5.96. The van der Waals surface area contributed by atoms with E-state index in [1.54, 1.807) is 37.5 Å². The Bertz CT molecular complexity index is 749. The number of rotatable bonds is 3. The highest BCUT2D eigenvalue weighted by molar-refractivity contribution is 6.07. The van der Waals surface area contributed by atoms with Gasteiger partial charge >= 0.3 is 5.97 Å². The van der Waals surface area contributed by atoms with Gasteiger partial charge in [0.15, 0.2) is 0 Å². The molecule has 0 aliphatic heterocycles. The van der Waals surface area contributed by atoms with Crippen molar-refractivity contribution in [2.75, 3.05) is 12.4 Å². The molecule has 0 fully saturated rings. The highest BCUT2D eigenvalue weighted by atomic mass is 16.5. The second-order valence-electron chi connectivity index (χ2n) is 4.33. The summed E-state index contributed by atoms with van der Waals surface area (Å²) in [5, 5.41) is 2.56. The van der Waals surface area contributed by atoms with Gasteiger partial charge in [-0.2, -0.15) is 0 Å². The van der Waals surface area contributed by atoms with Crippen LogP contribution in [0.5, 0.6) is 0 Å². The normalized spacial score (nSPS) is 10.0. The van der Waals surface area contributed by atoms with Crippen LogP contribution in [0.25, 0.3) is 0 Å². The number of amides is 1. The second-order valence-corrected chi connectivity index (χ2v) is 4.33. The molecule has 0 aliphatic carbocycles. The molecule has 6 heteroatoms. The van der Waals surface area contributed by atoms with Crippen LogP contribution >= 0.6 is 0 Å². The van der Waals surface area contributed by atoms with Crippen molar-refractivity contribution in [3.8, 4) is 0 Å². The molecule has 0 aliphatic rings. The summed E-state index contributed by atoms with van der Waals surface area (Å²) in [6.07, 6.45) is 1.56. The number of para-hydroxylation sites is 1. The third-order valence-corrected chi connectivity index (χ3v) is 2.95. The topological polar surface area (TPSA) is 77.4 Å². The summed E-state index contributed by atoms with van der Waals surface area (Å²) in [6, 6.07) is 9.46. The van der Waals surface area contributed by atoms with Crippen molar-refractivity contribution in [2.24, 2.45) is 7.05 Å². The minimum absolute atomic E-state index is 0.000307. The Morgan fingerprint density at radius 2 is 1.76 bits per heavy atom. The fraction of sp³-hybridized carbons (Fsp3) is 0.133. The zero-order valence-electron chi connectivity index (χ0n) is 11.6. The molecule has 0 radical (unpaired) electrons. The van der Waals surface area contributed by atoms with E-state index in [1.807, 2.05) is 0 Å². The first kappa shape index (κ1) is 14.5. The van der Waals surface area contributed by atoms with E-state index in [-0.39, 0.29) is 11.1 Å². The first-order valence-corrected chi connectivity index (χ1v) is 6.19. The number of aromatic nitrogens is 1. The van der Waals surface area contributed by atoms with Crippen LogP contribution in [-0.2, 0) is 11.8 Å². The molecule has 2 aromatic rings. The van der Waals surface area contributed by atoms with Gasteiger partial charge in [-0.1, -0.05) is 12.1 Å². The molecule has 0 bridgehead atoms. The predicted molar refractivity (Wildman–Crippen MR) is 77.4 cm³/mol. The maximum atomic E-state index is 12.2. The van der Waals surface area contributed by atoms with Gasteiger partial charge in [-0.3, -0.25) is 9.59 Å². The highest BCUT2D eigenvalue weighted by Crippen LogP contribution is 2.16.